The number of rotatable bonds is 2. The van der Waals surface area contributed by atoms with Crippen LogP contribution in [-0.2, 0) is 6.42 Å². The van der Waals surface area contributed by atoms with Crippen molar-refractivity contribution in [2.45, 2.75) is 25.3 Å². The van der Waals surface area contributed by atoms with E-state index in [9.17, 15) is 0 Å². The van der Waals surface area contributed by atoms with Crippen LogP contribution < -0.4 is 4.90 Å². The fraction of sp³-hybridized carbons (Fsp3) is 0.571. The zero-order chi connectivity index (χ0) is 11.0. The van der Waals surface area contributed by atoms with Gasteiger partial charge < -0.3 is 9.80 Å². The fourth-order valence-corrected chi connectivity index (χ4v) is 3.06. The van der Waals surface area contributed by atoms with Gasteiger partial charge in [0.1, 0.15) is 0 Å². The SMILES string of the molecule is CN1CCC[C@H]1CN1CCc2ccccc21. The number of para-hydroxylation sites is 1. The van der Waals surface area contributed by atoms with Crippen LogP contribution in [0.15, 0.2) is 24.3 Å². The van der Waals surface area contributed by atoms with Gasteiger partial charge >= 0.3 is 0 Å². The quantitative estimate of drug-likeness (QED) is 0.747. The summed E-state index contributed by atoms with van der Waals surface area (Å²) in [6, 6.07) is 9.64. The molecular weight excluding hydrogens is 196 g/mol. The topological polar surface area (TPSA) is 6.48 Å². The summed E-state index contributed by atoms with van der Waals surface area (Å²) in [6.07, 6.45) is 3.97. The van der Waals surface area contributed by atoms with E-state index in [-0.39, 0.29) is 0 Å². The minimum atomic E-state index is 0.770. The summed E-state index contributed by atoms with van der Waals surface area (Å²) in [5.41, 5.74) is 3.01. The lowest BCUT2D eigenvalue weighted by Crippen LogP contribution is -2.37. The van der Waals surface area contributed by atoms with Gasteiger partial charge in [-0.3, -0.25) is 0 Å². The number of fused-ring (bicyclic) bond motifs is 1. The number of likely N-dealkylation sites (tertiary alicyclic amines) is 1. The van der Waals surface area contributed by atoms with Crippen LogP contribution in [0.2, 0.25) is 0 Å². The van der Waals surface area contributed by atoms with E-state index in [1.165, 1.54) is 50.1 Å². The van der Waals surface area contributed by atoms with Gasteiger partial charge in [0.25, 0.3) is 0 Å². The lowest BCUT2D eigenvalue weighted by atomic mass is 10.1. The third kappa shape index (κ3) is 1.71. The van der Waals surface area contributed by atoms with Crippen molar-refractivity contribution in [2.75, 3.05) is 31.6 Å². The second-order valence-corrected chi connectivity index (χ2v) is 5.10. The molecule has 2 heteroatoms. The largest absolute Gasteiger partial charge is 0.369 e. The number of anilines is 1. The van der Waals surface area contributed by atoms with Gasteiger partial charge in [-0.25, -0.2) is 0 Å². The van der Waals surface area contributed by atoms with E-state index in [0.29, 0.717) is 0 Å². The lowest BCUT2D eigenvalue weighted by molar-refractivity contribution is 0.313. The zero-order valence-electron chi connectivity index (χ0n) is 10.0. The van der Waals surface area contributed by atoms with Crippen molar-refractivity contribution >= 4 is 5.69 Å². The second kappa shape index (κ2) is 4.10. The Morgan fingerprint density at radius 2 is 2.12 bits per heavy atom. The van der Waals surface area contributed by atoms with E-state index >= 15 is 0 Å². The van der Waals surface area contributed by atoms with Gasteiger partial charge in [-0.05, 0) is 44.5 Å². The van der Waals surface area contributed by atoms with Crippen LogP contribution >= 0.6 is 0 Å². The molecule has 0 N–H and O–H groups in total. The van der Waals surface area contributed by atoms with E-state index < -0.39 is 0 Å². The van der Waals surface area contributed by atoms with Crippen LogP contribution in [0.5, 0.6) is 0 Å². The summed E-state index contributed by atoms with van der Waals surface area (Å²) >= 11 is 0. The maximum atomic E-state index is 2.57. The van der Waals surface area contributed by atoms with Crippen molar-refractivity contribution in [1.29, 1.82) is 0 Å². The van der Waals surface area contributed by atoms with Gasteiger partial charge in [-0.1, -0.05) is 18.2 Å². The smallest absolute Gasteiger partial charge is 0.0400 e. The van der Waals surface area contributed by atoms with Gasteiger partial charge in [-0.15, -0.1) is 0 Å². The Kier molecular flexibility index (Phi) is 2.60. The summed E-state index contributed by atoms with van der Waals surface area (Å²) in [7, 11) is 2.26. The van der Waals surface area contributed by atoms with Crippen LogP contribution in [0.4, 0.5) is 5.69 Å². The van der Waals surface area contributed by atoms with Crippen LogP contribution in [0, 0.1) is 0 Å². The highest BCUT2D eigenvalue weighted by Gasteiger charge is 2.26. The molecule has 0 amide bonds. The molecule has 3 rings (SSSR count). The number of hydrogen-bond acceptors (Lipinski definition) is 2. The van der Waals surface area contributed by atoms with Gasteiger partial charge in [-0.2, -0.15) is 0 Å². The molecule has 0 aliphatic carbocycles. The molecule has 2 aliphatic heterocycles. The van der Waals surface area contributed by atoms with Crippen LogP contribution in [0.3, 0.4) is 0 Å². The highest BCUT2D eigenvalue weighted by atomic mass is 15.2. The van der Waals surface area contributed by atoms with Crippen molar-refractivity contribution in [3.63, 3.8) is 0 Å². The number of hydrogen-bond donors (Lipinski definition) is 0. The van der Waals surface area contributed by atoms with Crippen molar-refractivity contribution in [3.8, 4) is 0 Å². The van der Waals surface area contributed by atoms with Crippen molar-refractivity contribution < 1.29 is 0 Å². The molecule has 2 heterocycles. The third-order valence-electron chi connectivity index (χ3n) is 4.09. The molecule has 86 valence electrons. The first-order valence-electron chi connectivity index (χ1n) is 6.38. The Labute approximate surface area is 97.9 Å². The number of benzene rings is 1. The Morgan fingerprint density at radius 3 is 2.94 bits per heavy atom. The summed E-state index contributed by atoms with van der Waals surface area (Å²) in [4.78, 5) is 5.09. The Bertz CT molecular complexity index is 375. The van der Waals surface area contributed by atoms with Gasteiger partial charge in [0.05, 0.1) is 0 Å². The molecule has 0 spiro atoms. The average molecular weight is 216 g/mol. The first-order valence-corrected chi connectivity index (χ1v) is 6.38. The standard InChI is InChI=1S/C14H20N2/c1-15-9-4-6-13(15)11-16-10-8-12-5-2-3-7-14(12)16/h2-3,5,7,13H,4,6,8-11H2,1H3/t13-/m0/s1. The van der Waals surface area contributed by atoms with E-state index in [1.54, 1.807) is 0 Å². The Hall–Kier alpha value is -1.02. The summed E-state index contributed by atoms with van der Waals surface area (Å²) in [5, 5.41) is 0. The summed E-state index contributed by atoms with van der Waals surface area (Å²) in [6.45, 7) is 3.71. The minimum Gasteiger partial charge on any atom is -0.369 e. The molecule has 0 bridgehead atoms. The first-order chi connectivity index (χ1) is 7.84. The van der Waals surface area contributed by atoms with E-state index in [1.807, 2.05) is 0 Å². The van der Waals surface area contributed by atoms with Crippen LogP contribution in [0.25, 0.3) is 0 Å². The summed E-state index contributed by atoms with van der Waals surface area (Å²) in [5.74, 6) is 0. The molecule has 16 heavy (non-hydrogen) atoms. The van der Waals surface area contributed by atoms with Crippen molar-refractivity contribution in [1.82, 2.24) is 4.90 Å². The Morgan fingerprint density at radius 1 is 1.25 bits per heavy atom. The molecule has 2 nitrogen and oxygen atoms in total. The predicted molar refractivity (Wildman–Crippen MR) is 68.0 cm³/mol. The lowest BCUT2D eigenvalue weighted by Gasteiger charge is -2.27. The van der Waals surface area contributed by atoms with E-state index in [0.717, 1.165) is 6.04 Å². The second-order valence-electron chi connectivity index (χ2n) is 5.10. The monoisotopic (exact) mass is 216 g/mol. The fourth-order valence-electron chi connectivity index (χ4n) is 3.06. The van der Waals surface area contributed by atoms with Gasteiger partial charge in [0.2, 0.25) is 0 Å². The van der Waals surface area contributed by atoms with Crippen molar-refractivity contribution in [2.24, 2.45) is 0 Å². The molecule has 1 saturated heterocycles. The zero-order valence-corrected chi connectivity index (χ0v) is 10.0. The minimum absolute atomic E-state index is 0.770. The van der Waals surface area contributed by atoms with Crippen molar-refractivity contribution in [3.05, 3.63) is 29.8 Å². The number of nitrogens with zero attached hydrogens (tertiary/aromatic N) is 2. The highest BCUT2D eigenvalue weighted by molar-refractivity contribution is 5.57. The van der Waals surface area contributed by atoms with Gasteiger partial charge in [0.15, 0.2) is 0 Å². The third-order valence-corrected chi connectivity index (χ3v) is 4.09. The molecule has 1 aromatic rings. The van der Waals surface area contributed by atoms with Crippen LogP contribution in [-0.4, -0.2) is 37.6 Å². The maximum Gasteiger partial charge on any atom is 0.0400 e. The van der Waals surface area contributed by atoms with Crippen LogP contribution in [0.1, 0.15) is 18.4 Å². The molecule has 1 aromatic carbocycles. The first kappa shape index (κ1) is 10.2. The average Bonchev–Trinajstić information content (AvgIpc) is 2.88. The van der Waals surface area contributed by atoms with E-state index in [4.69, 9.17) is 0 Å². The number of likely N-dealkylation sites (N-methyl/N-ethyl adjacent to an activating group) is 1. The molecule has 1 atom stereocenters. The molecule has 0 unspecified atom stereocenters. The highest BCUT2D eigenvalue weighted by Crippen LogP contribution is 2.29. The van der Waals surface area contributed by atoms with E-state index in [2.05, 4.69) is 41.1 Å². The summed E-state index contributed by atoms with van der Waals surface area (Å²) < 4.78 is 0. The molecule has 1 fully saturated rings. The molecule has 0 radical (unpaired) electrons. The maximum absolute atomic E-state index is 2.57. The molecule has 0 saturated carbocycles. The molecular formula is C14H20N2. The molecule has 2 aliphatic rings. The predicted octanol–water partition coefficient (Wildman–Crippen LogP) is 2.14. The molecule has 0 aromatic heterocycles. The Balaban J connectivity index is 1.73. The normalized spacial score (nSPS) is 25.1. The van der Waals surface area contributed by atoms with Gasteiger partial charge in [0, 0.05) is 24.8 Å².